The Kier molecular flexibility index (Phi) is 10.5. The Morgan fingerprint density at radius 1 is 0.593 bits per heavy atom. The van der Waals surface area contributed by atoms with Crippen LogP contribution in [0.2, 0.25) is 0 Å². The molecule has 1 aliphatic rings. The van der Waals surface area contributed by atoms with E-state index < -0.39 is 17.9 Å². The summed E-state index contributed by atoms with van der Waals surface area (Å²) in [6.45, 7) is 2.58. The van der Waals surface area contributed by atoms with Gasteiger partial charge >= 0.3 is 17.9 Å². The molecular formula is C16H27N4O7. The topological polar surface area (TPSA) is 142 Å². The van der Waals surface area contributed by atoms with Crippen LogP contribution in [-0.2, 0) is 19.2 Å². The first-order valence-electron chi connectivity index (χ1n) is 8.70. The molecule has 0 saturated carbocycles. The zero-order chi connectivity index (χ0) is 20.2. The molecule has 0 aromatic carbocycles. The predicted molar refractivity (Wildman–Crippen MR) is 94.4 cm³/mol. The normalized spacial score (nSPS) is 19.7. The molecule has 0 aromatic rings. The first-order valence-corrected chi connectivity index (χ1v) is 8.70. The van der Waals surface area contributed by atoms with Gasteiger partial charge in [0, 0.05) is 52.4 Å². The number of hydrogen-bond acceptors (Lipinski definition) is 8. The summed E-state index contributed by atoms with van der Waals surface area (Å²) >= 11 is 0. The van der Waals surface area contributed by atoms with Crippen LogP contribution >= 0.6 is 0 Å². The summed E-state index contributed by atoms with van der Waals surface area (Å²) < 4.78 is 0. The van der Waals surface area contributed by atoms with Gasteiger partial charge in [-0.25, -0.2) is 0 Å². The van der Waals surface area contributed by atoms with E-state index in [4.69, 9.17) is 15.3 Å². The maximum Gasteiger partial charge on any atom is 0.317 e. The highest BCUT2D eigenvalue weighted by molar-refractivity contribution is 5.69. The molecule has 1 fully saturated rings. The van der Waals surface area contributed by atoms with Crippen molar-refractivity contribution < 1.29 is 34.5 Å². The molecule has 11 nitrogen and oxygen atoms in total. The summed E-state index contributed by atoms with van der Waals surface area (Å²) in [5.41, 5.74) is 0. The van der Waals surface area contributed by atoms with E-state index in [1.807, 2.05) is 6.29 Å². The molecule has 1 saturated heterocycles. The van der Waals surface area contributed by atoms with Crippen molar-refractivity contribution in [3.05, 3.63) is 0 Å². The van der Waals surface area contributed by atoms with E-state index >= 15 is 0 Å². The third-order valence-corrected chi connectivity index (χ3v) is 4.29. The van der Waals surface area contributed by atoms with Crippen LogP contribution in [0, 0.1) is 0 Å². The van der Waals surface area contributed by atoms with E-state index in [1.165, 1.54) is 0 Å². The molecule has 1 heterocycles. The first kappa shape index (κ1) is 23.0. The Labute approximate surface area is 157 Å². The number of carbonyl (C=O) groups is 3. The summed E-state index contributed by atoms with van der Waals surface area (Å²) in [6, 6.07) is 0. The minimum atomic E-state index is -0.996. The average molecular weight is 387 g/mol. The van der Waals surface area contributed by atoms with Gasteiger partial charge in [0.15, 0.2) is 0 Å². The van der Waals surface area contributed by atoms with Gasteiger partial charge in [-0.05, 0) is 0 Å². The highest BCUT2D eigenvalue weighted by Gasteiger charge is 2.19. The molecule has 3 N–H and O–H groups in total. The van der Waals surface area contributed by atoms with E-state index in [0.717, 1.165) is 0 Å². The van der Waals surface area contributed by atoms with Gasteiger partial charge < -0.3 is 15.3 Å². The van der Waals surface area contributed by atoms with Gasteiger partial charge in [0.25, 0.3) is 0 Å². The molecule has 0 aliphatic carbocycles. The Morgan fingerprint density at radius 2 is 0.852 bits per heavy atom. The lowest BCUT2D eigenvalue weighted by molar-refractivity contribution is -0.140. The predicted octanol–water partition coefficient (Wildman–Crippen LogP) is -2.43. The molecular weight excluding hydrogens is 360 g/mol. The van der Waals surface area contributed by atoms with Gasteiger partial charge in [0.05, 0.1) is 26.2 Å². The molecule has 153 valence electrons. The molecule has 0 spiro atoms. The van der Waals surface area contributed by atoms with E-state index in [0.29, 0.717) is 52.4 Å². The lowest BCUT2D eigenvalue weighted by atomic mass is 10.3. The Bertz CT molecular complexity index is 485. The Balaban J connectivity index is 2.86. The van der Waals surface area contributed by atoms with E-state index in [2.05, 4.69) is 0 Å². The van der Waals surface area contributed by atoms with Gasteiger partial charge in [-0.2, -0.15) is 0 Å². The summed E-state index contributed by atoms with van der Waals surface area (Å²) in [5.74, 6) is -2.95. The van der Waals surface area contributed by atoms with Crippen molar-refractivity contribution in [2.24, 2.45) is 0 Å². The summed E-state index contributed by atoms with van der Waals surface area (Å²) in [5, 5.41) is 27.2. The number of aliphatic carboxylic acids is 3. The molecule has 0 atom stereocenters. The quantitative estimate of drug-likeness (QED) is 0.409. The van der Waals surface area contributed by atoms with Crippen molar-refractivity contribution >= 4 is 24.2 Å². The number of carboxylic acids is 3. The number of rotatable bonds is 8. The van der Waals surface area contributed by atoms with Gasteiger partial charge in [-0.3, -0.25) is 38.8 Å². The third kappa shape index (κ3) is 10.6. The fourth-order valence-electron chi connectivity index (χ4n) is 2.88. The van der Waals surface area contributed by atoms with Crippen molar-refractivity contribution in [2.75, 3.05) is 78.5 Å². The third-order valence-electron chi connectivity index (χ3n) is 4.29. The number of nitrogens with zero attached hydrogens (tertiary/aromatic N) is 4. The van der Waals surface area contributed by atoms with Crippen LogP contribution in [0.25, 0.3) is 0 Å². The van der Waals surface area contributed by atoms with E-state index in [9.17, 15) is 19.2 Å². The lowest BCUT2D eigenvalue weighted by Crippen LogP contribution is -2.48. The Hall–Kier alpha value is -2.08. The van der Waals surface area contributed by atoms with Crippen molar-refractivity contribution in [3.8, 4) is 0 Å². The molecule has 0 unspecified atom stereocenters. The summed E-state index contributed by atoms with van der Waals surface area (Å²) in [4.78, 5) is 50.8. The van der Waals surface area contributed by atoms with Crippen LogP contribution in [0.3, 0.4) is 0 Å². The van der Waals surface area contributed by atoms with Crippen LogP contribution in [0.15, 0.2) is 0 Å². The second-order valence-electron chi connectivity index (χ2n) is 6.43. The monoisotopic (exact) mass is 387 g/mol. The lowest BCUT2D eigenvalue weighted by Gasteiger charge is -2.32. The molecule has 1 radical (unpaired) electrons. The fourth-order valence-corrected chi connectivity index (χ4v) is 2.88. The van der Waals surface area contributed by atoms with E-state index in [1.54, 1.807) is 19.6 Å². The van der Waals surface area contributed by atoms with Crippen LogP contribution in [0.5, 0.6) is 0 Å². The molecule has 1 rings (SSSR count). The zero-order valence-corrected chi connectivity index (χ0v) is 15.2. The van der Waals surface area contributed by atoms with Crippen molar-refractivity contribution in [1.29, 1.82) is 0 Å². The van der Waals surface area contributed by atoms with Crippen LogP contribution < -0.4 is 0 Å². The average Bonchev–Trinajstić information content (AvgIpc) is 2.56. The van der Waals surface area contributed by atoms with Crippen LogP contribution in [-0.4, -0.2) is 138 Å². The van der Waals surface area contributed by atoms with Crippen LogP contribution in [0.1, 0.15) is 0 Å². The number of carboxylic acid groups (broad SMARTS) is 3. The van der Waals surface area contributed by atoms with E-state index in [-0.39, 0.29) is 26.2 Å². The number of hydrogen-bond donors (Lipinski definition) is 3. The minimum Gasteiger partial charge on any atom is -0.480 e. The Morgan fingerprint density at radius 3 is 1.07 bits per heavy atom. The molecule has 0 bridgehead atoms. The second kappa shape index (κ2) is 12.3. The zero-order valence-electron chi connectivity index (χ0n) is 15.2. The molecule has 27 heavy (non-hydrogen) atoms. The number of carbonyl (C=O) groups excluding carboxylic acids is 1. The SMILES string of the molecule is O=[C]CN1CCN(CC(=O)O)CCN(CC(=O)O)CCN(CC(=O)O)CC1. The largest absolute Gasteiger partial charge is 0.480 e. The molecule has 1 aliphatic heterocycles. The maximum absolute atomic E-state index is 11.1. The first-order chi connectivity index (χ1) is 12.8. The highest BCUT2D eigenvalue weighted by Crippen LogP contribution is 2.01. The van der Waals surface area contributed by atoms with Crippen molar-refractivity contribution in [1.82, 2.24) is 19.6 Å². The minimum absolute atomic E-state index is 0.0625. The van der Waals surface area contributed by atoms with Crippen molar-refractivity contribution in [2.45, 2.75) is 0 Å². The molecule has 11 heteroatoms. The van der Waals surface area contributed by atoms with Gasteiger partial charge in [0.1, 0.15) is 0 Å². The highest BCUT2D eigenvalue weighted by atomic mass is 16.4. The summed E-state index contributed by atoms with van der Waals surface area (Å²) in [7, 11) is 0. The van der Waals surface area contributed by atoms with Gasteiger partial charge in [-0.1, -0.05) is 0 Å². The summed E-state index contributed by atoms with van der Waals surface area (Å²) in [6.07, 6.45) is 1.82. The van der Waals surface area contributed by atoms with Gasteiger partial charge in [-0.15, -0.1) is 0 Å². The standard InChI is InChI=1S/C16H27N4O7/c21-10-9-17-1-3-18(11-14(22)23)5-7-20(13-16(26)27)8-6-19(4-2-17)12-15(24)25/h1-9,11-13H2,(H,22,23)(H,24,25)(H,26,27). The smallest absolute Gasteiger partial charge is 0.317 e. The maximum atomic E-state index is 11.1. The second-order valence-corrected chi connectivity index (χ2v) is 6.43. The molecule has 0 aromatic heterocycles. The van der Waals surface area contributed by atoms with Crippen molar-refractivity contribution in [3.63, 3.8) is 0 Å². The fraction of sp³-hybridized carbons (Fsp3) is 0.750. The molecule has 0 amide bonds. The van der Waals surface area contributed by atoms with Crippen LogP contribution in [0.4, 0.5) is 0 Å². The van der Waals surface area contributed by atoms with Gasteiger partial charge in [0.2, 0.25) is 6.29 Å².